The van der Waals surface area contributed by atoms with Crippen LogP contribution in [0.2, 0.25) is 40.2 Å². The number of aryl methyl sites for hydroxylation is 1. The van der Waals surface area contributed by atoms with Gasteiger partial charge in [0.2, 0.25) is 0 Å². The summed E-state index contributed by atoms with van der Waals surface area (Å²) in [5.74, 6) is 1.13. The van der Waals surface area contributed by atoms with Gasteiger partial charge in [-0.3, -0.25) is 4.72 Å². The van der Waals surface area contributed by atoms with Gasteiger partial charge in [0.1, 0.15) is 11.5 Å². The Hall–Kier alpha value is -4.05. The van der Waals surface area contributed by atoms with Gasteiger partial charge in [-0.05, 0) is 145 Å². The van der Waals surface area contributed by atoms with E-state index in [1.54, 1.807) is 45.2 Å². The molecule has 8 aromatic rings. The molecule has 0 spiro atoms. The maximum Gasteiger partial charge on any atom is 0.262 e. The van der Waals surface area contributed by atoms with Crippen molar-refractivity contribution in [2.24, 2.45) is 0 Å². The summed E-state index contributed by atoms with van der Waals surface area (Å²) < 4.78 is 61.8. The number of benzene rings is 8. The van der Waals surface area contributed by atoms with E-state index >= 15 is 0 Å². The summed E-state index contributed by atoms with van der Waals surface area (Å²) in [6, 6.07) is 45.6. The van der Waals surface area contributed by atoms with E-state index in [-0.39, 0.29) is 29.9 Å². The number of ether oxygens (including phenoxy) is 2. The van der Waals surface area contributed by atoms with Crippen LogP contribution in [0.4, 0.5) is 11.4 Å². The molecule has 0 saturated heterocycles. The molecule has 0 heterocycles. The number of halogens is 10. The second-order valence-electron chi connectivity index (χ2n) is 15.6. The van der Waals surface area contributed by atoms with Gasteiger partial charge in [0.15, 0.2) is 0 Å². The van der Waals surface area contributed by atoms with Crippen molar-refractivity contribution in [2.45, 2.75) is 37.5 Å². The van der Waals surface area contributed by atoms with Crippen LogP contribution in [-0.4, -0.2) is 31.1 Å². The van der Waals surface area contributed by atoms with Crippen molar-refractivity contribution >= 4 is 150 Å². The van der Waals surface area contributed by atoms with Crippen molar-refractivity contribution in [3.05, 3.63) is 219 Å². The second-order valence-corrected chi connectivity index (χ2v) is 24.0. The Morgan fingerprint density at radius 2 is 0.892 bits per heavy atom. The van der Waals surface area contributed by atoms with Crippen LogP contribution in [0.25, 0.3) is 22.3 Å². The lowest BCUT2D eigenvalue weighted by Crippen LogP contribution is -2.15. The van der Waals surface area contributed by atoms with E-state index in [0.29, 0.717) is 43.3 Å². The average molecular weight is 1280 g/mol. The van der Waals surface area contributed by atoms with Crippen molar-refractivity contribution in [1.29, 1.82) is 0 Å². The molecule has 74 heavy (non-hydrogen) atoms. The van der Waals surface area contributed by atoms with Crippen molar-refractivity contribution in [3.8, 4) is 33.8 Å². The Morgan fingerprint density at radius 1 is 0.459 bits per heavy atom. The highest BCUT2D eigenvalue weighted by molar-refractivity contribution is 9.10. The van der Waals surface area contributed by atoms with E-state index < -0.39 is 19.1 Å². The SMILES string of the molecule is COc1cc(-c2ccccc2)ccc1N.COc1cc(-c2ccccc2)ccc1NS(=O)(=O)c1cc(Cl)cc(Cl)c1C.Cc1c(Cl)cc(Cl)cc1Br.Cc1c(Cl)cc(Cl)cc1S(=O)(=O)Cl.Cc1ccc(Cl)cc1Cl. The second kappa shape index (κ2) is 28.9. The molecule has 0 aliphatic carbocycles. The third-order valence-corrected chi connectivity index (χ3v) is 16.6. The Bertz CT molecular complexity index is 3430. The van der Waals surface area contributed by atoms with Gasteiger partial charge < -0.3 is 15.2 Å². The molecule has 0 aromatic heterocycles. The summed E-state index contributed by atoms with van der Waals surface area (Å²) in [7, 11) is 0.605. The van der Waals surface area contributed by atoms with E-state index in [2.05, 4.69) is 32.8 Å². The first-order valence-corrected chi connectivity index (χ1v) is 29.0. The zero-order valence-electron chi connectivity index (χ0n) is 40.1. The lowest BCUT2D eigenvalue weighted by molar-refractivity contribution is 0.417. The fraction of sp³-hybridized carbons (Fsp3) is 0.111. The standard InChI is InChI=1S/C20H17Cl2NO3S.C13H13NO.C7H5BrCl2.C7H5Cl3O2S.C7H6Cl2/c1-13-17(22)11-16(21)12-20(13)27(24,25)23-18-9-8-15(10-19(18)26-2)14-6-4-3-5-7-14;1-15-13-9-11(7-8-12(13)14)10-5-3-2-4-6-10;1-4-6(8)2-5(9)3-7(4)10;1-4-6(9)2-5(8)3-7(4)13(10,11)12;1-5-2-3-6(8)4-7(5)9/h3-12,23H,1-2H3;2-9H,14H2,1H3;2-3H,1H3;2-3H,1H3;2-4H,1H3. The molecular weight excluding hydrogens is 1240 g/mol. The maximum absolute atomic E-state index is 12.9. The van der Waals surface area contributed by atoms with E-state index in [9.17, 15) is 16.8 Å². The van der Waals surface area contributed by atoms with Crippen LogP contribution in [0.15, 0.2) is 166 Å². The van der Waals surface area contributed by atoms with Crippen molar-refractivity contribution in [2.75, 3.05) is 24.7 Å². The van der Waals surface area contributed by atoms with Gasteiger partial charge in [-0.2, -0.15) is 0 Å². The van der Waals surface area contributed by atoms with E-state index in [0.717, 1.165) is 48.6 Å². The Kier molecular flexibility index (Phi) is 24.4. The van der Waals surface area contributed by atoms with Crippen LogP contribution in [0, 0.1) is 27.7 Å². The Balaban J connectivity index is 0.000000215. The number of nitrogen functional groups attached to an aromatic ring is 1. The normalized spacial score (nSPS) is 10.7. The first kappa shape index (κ1) is 62.5. The van der Waals surface area contributed by atoms with E-state index in [1.165, 1.54) is 31.4 Å². The lowest BCUT2D eigenvalue weighted by atomic mass is 10.1. The van der Waals surface area contributed by atoms with Gasteiger partial charge in [-0.15, -0.1) is 0 Å². The Labute approximate surface area is 486 Å². The lowest BCUT2D eigenvalue weighted by Gasteiger charge is -2.15. The molecule has 0 aliphatic rings. The molecule has 20 heteroatoms. The maximum atomic E-state index is 12.9. The van der Waals surface area contributed by atoms with Crippen LogP contribution >= 0.6 is 119 Å². The molecule has 0 radical (unpaired) electrons. The first-order valence-electron chi connectivity index (χ1n) is 21.4. The Morgan fingerprint density at radius 3 is 1.35 bits per heavy atom. The third-order valence-electron chi connectivity index (χ3n) is 10.3. The summed E-state index contributed by atoms with van der Waals surface area (Å²) in [5, 5.41) is 3.82. The summed E-state index contributed by atoms with van der Waals surface area (Å²) in [6.45, 7) is 7.07. The van der Waals surface area contributed by atoms with Gasteiger partial charge in [-0.1, -0.05) is 188 Å². The molecular formula is C54H46BrCl9N2O6S2. The highest BCUT2D eigenvalue weighted by Gasteiger charge is 2.22. The summed E-state index contributed by atoms with van der Waals surface area (Å²) in [5.41, 5.74) is 13.8. The third kappa shape index (κ3) is 18.6. The van der Waals surface area contributed by atoms with Crippen LogP contribution in [0.1, 0.15) is 22.3 Å². The van der Waals surface area contributed by atoms with Gasteiger partial charge in [0, 0.05) is 55.3 Å². The zero-order valence-corrected chi connectivity index (χ0v) is 50.1. The number of rotatable bonds is 8. The fourth-order valence-corrected chi connectivity index (χ4v) is 11.7. The van der Waals surface area contributed by atoms with Gasteiger partial charge in [0.05, 0.1) is 35.4 Å². The number of anilines is 2. The molecule has 0 aliphatic heterocycles. The summed E-state index contributed by atoms with van der Waals surface area (Å²) in [4.78, 5) is -0.0270. The molecule has 0 atom stereocenters. The molecule has 0 bridgehead atoms. The number of hydrogen-bond donors (Lipinski definition) is 2. The largest absolute Gasteiger partial charge is 0.495 e. The number of nitrogens with two attached hydrogens (primary N) is 1. The highest BCUT2D eigenvalue weighted by Crippen LogP contribution is 2.35. The van der Waals surface area contributed by atoms with Crippen LogP contribution in [-0.2, 0) is 19.1 Å². The predicted molar refractivity (Wildman–Crippen MR) is 318 cm³/mol. The summed E-state index contributed by atoms with van der Waals surface area (Å²) >= 11 is 49.6. The van der Waals surface area contributed by atoms with Crippen molar-refractivity contribution in [3.63, 3.8) is 0 Å². The average Bonchev–Trinajstić information content (AvgIpc) is 3.35. The molecule has 0 unspecified atom stereocenters. The topological polar surface area (TPSA) is 125 Å². The van der Waals surface area contributed by atoms with E-state index in [1.807, 2.05) is 105 Å². The number of methoxy groups -OCH3 is 2. The fourth-order valence-electron chi connectivity index (χ4n) is 6.27. The molecule has 8 rings (SSSR count). The van der Waals surface area contributed by atoms with Crippen molar-refractivity contribution < 1.29 is 26.3 Å². The predicted octanol–water partition coefficient (Wildman–Crippen LogP) is 19.3. The minimum Gasteiger partial charge on any atom is -0.495 e. The highest BCUT2D eigenvalue weighted by atomic mass is 79.9. The number of nitrogens with one attached hydrogen (secondary N) is 1. The molecule has 8 aromatic carbocycles. The van der Waals surface area contributed by atoms with Crippen LogP contribution in [0.3, 0.4) is 0 Å². The van der Waals surface area contributed by atoms with Crippen molar-refractivity contribution in [1.82, 2.24) is 0 Å². The van der Waals surface area contributed by atoms with Gasteiger partial charge >= 0.3 is 0 Å². The molecule has 0 saturated carbocycles. The molecule has 0 amide bonds. The minimum atomic E-state index is -3.90. The van der Waals surface area contributed by atoms with E-state index in [4.69, 9.17) is 119 Å². The van der Waals surface area contributed by atoms with Gasteiger partial charge in [-0.25, -0.2) is 16.8 Å². The van der Waals surface area contributed by atoms with Crippen LogP contribution < -0.4 is 19.9 Å². The first-order chi connectivity index (χ1) is 34.8. The molecule has 3 N–H and O–H groups in total. The quantitative estimate of drug-likeness (QED) is 0.115. The monoisotopic (exact) mass is 1280 g/mol. The molecule has 8 nitrogen and oxygen atoms in total. The summed E-state index contributed by atoms with van der Waals surface area (Å²) in [6.07, 6.45) is 0. The van der Waals surface area contributed by atoms with Gasteiger partial charge in [0.25, 0.3) is 19.1 Å². The number of hydrogen-bond acceptors (Lipinski definition) is 7. The minimum absolute atomic E-state index is 0.0224. The molecule has 0 fully saturated rings. The smallest absolute Gasteiger partial charge is 0.262 e. The van der Waals surface area contributed by atoms with Crippen LogP contribution in [0.5, 0.6) is 11.5 Å². The molecule has 390 valence electrons. The zero-order chi connectivity index (χ0) is 55.1. The number of sulfonamides is 1.